The molecule has 1 aliphatic heterocycles. The highest BCUT2D eigenvalue weighted by molar-refractivity contribution is 7.13. The fraction of sp³-hybridized carbons (Fsp3) is 0.154. The van der Waals surface area contributed by atoms with Crippen molar-refractivity contribution in [1.82, 2.24) is 9.55 Å². The van der Waals surface area contributed by atoms with Gasteiger partial charge >= 0.3 is 5.63 Å². The maximum Gasteiger partial charge on any atom is 0.345 e. The van der Waals surface area contributed by atoms with E-state index in [1.807, 2.05) is 39.0 Å². The second-order valence-corrected chi connectivity index (χ2v) is 9.88. The third-order valence-electron chi connectivity index (χ3n) is 6.19. The Kier molecular flexibility index (Phi) is 4.56. The summed E-state index contributed by atoms with van der Waals surface area (Å²) in [7, 11) is 0. The van der Waals surface area contributed by atoms with Gasteiger partial charge in [-0.25, -0.2) is 14.2 Å². The summed E-state index contributed by atoms with van der Waals surface area (Å²) in [6, 6.07) is 11.8. The minimum Gasteiger partial charge on any atom is -0.493 e. The minimum absolute atomic E-state index is 0.101. The maximum atomic E-state index is 14.5. The average molecular weight is 487 g/mol. The van der Waals surface area contributed by atoms with Crippen molar-refractivity contribution >= 4 is 49.6 Å². The molecular weight excluding hydrogens is 467 g/mol. The van der Waals surface area contributed by atoms with E-state index in [9.17, 15) is 14.3 Å². The zero-order valence-corrected chi connectivity index (χ0v) is 19.9. The molecule has 0 fully saturated rings. The van der Waals surface area contributed by atoms with Gasteiger partial charge in [-0.05, 0) is 50.6 Å². The number of nitrogens with zero attached hydrogens (tertiary/aromatic N) is 4. The topological polar surface area (TPSA) is 93.0 Å². The smallest absolute Gasteiger partial charge is 0.345 e. The molecule has 0 saturated heterocycles. The first-order valence-corrected chi connectivity index (χ1v) is 11.8. The Morgan fingerprint density at radius 1 is 1.14 bits per heavy atom. The van der Waals surface area contributed by atoms with E-state index >= 15 is 0 Å². The van der Waals surface area contributed by atoms with E-state index in [4.69, 9.17) is 4.42 Å². The molecule has 3 aromatic heterocycles. The predicted octanol–water partition coefficient (Wildman–Crippen LogP) is 7.28. The molecule has 0 bridgehead atoms. The van der Waals surface area contributed by atoms with Crippen molar-refractivity contribution in [3.63, 3.8) is 0 Å². The largest absolute Gasteiger partial charge is 0.493 e. The molecule has 2 aromatic carbocycles. The molecule has 4 heterocycles. The predicted molar refractivity (Wildman–Crippen MR) is 134 cm³/mol. The van der Waals surface area contributed by atoms with Crippen molar-refractivity contribution in [3.8, 4) is 17.1 Å². The van der Waals surface area contributed by atoms with Crippen LogP contribution >= 0.6 is 11.3 Å². The van der Waals surface area contributed by atoms with Gasteiger partial charge in [-0.15, -0.1) is 21.6 Å². The Morgan fingerprint density at radius 3 is 2.77 bits per heavy atom. The van der Waals surface area contributed by atoms with E-state index in [-0.39, 0.29) is 16.7 Å². The molecular formula is C26H19FN4O3S. The van der Waals surface area contributed by atoms with Crippen molar-refractivity contribution in [3.05, 3.63) is 75.7 Å². The fourth-order valence-electron chi connectivity index (χ4n) is 4.75. The molecule has 0 saturated carbocycles. The van der Waals surface area contributed by atoms with Gasteiger partial charge in [-0.3, -0.25) is 0 Å². The molecule has 1 N–H and O–H groups in total. The Balaban J connectivity index is 1.44. The van der Waals surface area contributed by atoms with Crippen LogP contribution < -0.4 is 5.63 Å². The molecule has 0 unspecified atom stereocenters. The van der Waals surface area contributed by atoms with Crippen LogP contribution in [0.2, 0.25) is 0 Å². The number of fused-ring (bicyclic) bond motifs is 1. The number of azo groups is 1. The van der Waals surface area contributed by atoms with E-state index in [1.165, 1.54) is 23.5 Å². The number of benzene rings is 2. The van der Waals surface area contributed by atoms with Crippen molar-refractivity contribution in [2.45, 2.75) is 26.3 Å². The number of rotatable bonds is 3. The fourth-order valence-corrected chi connectivity index (χ4v) is 5.39. The van der Waals surface area contributed by atoms with Gasteiger partial charge in [0.25, 0.3) is 0 Å². The molecule has 0 radical (unpaired) electrons. The molecule has 0 spiro atoms. The summed E-state index contributed by atoms with van der Waals surface area (Å²) >= 11 is 1.20. The lowest BCUT2D eigenvalue weighted by Gasteiger charge is -2.30. The highest BCUT2D eigenvalue weighted by atomic mass is 32.1. The third-order valence-corrected chi connectivity index (χ3v) is 6.92. The normalized spacial score (nSPS) is 14.8. The van der Waals surface area contributed by atoms with Crippen LogP contribution in [0.3, 0.4) is 0 Å². The van der Waals surface area contributed by atoms with Gasteiger partial charge < -0.3 is 14.1 Å². The Labute approximate surface area is 202 Å². The lowest BCUT2D eigenvalue weighted by atomic mass is 9.92. The summed E-state index contributed by atoms with van der Waals surface area (Å²) in [6.45, 7) is 5.85. The molecule has 7 nitrogen and oxygen atoms in total. The number of allylic oxidation sites excluding steroid dienone is 2. The molecule has 35 heavy (non-hydrogen) atoms. The van der Waals surface area contributed by atoms with Gasteiger partial charge in [0, 0.05) is 21.7 Å². The van der Waals surface area contributed by atoms with Crippen LogP contribution in [0.15, 0.2) is 73.4 Å². The first-order valence-electron chi connectivity index (χ1n) is 10.9. The third kappa shape index (κ3) is 3.30. The van der Waals surface area contributed by atoms with Gasteiger partial charge in [-0.1, -0.05) is 24.3 Å². The van der Waals surface area contributed by atoms with E-state index < -0.39 is 17.0 Å². The standard InChI is InChI=1S/C26H19FN4O3S/c1-13-11-26(2,3)31-22-16(13)9-15(27)10-18(22)21(23(31)32)29-30-25-28-19(12-35-25)17-8-14-6-4-5-7-20(14)34-24(17)33/h4-12,32H,1-3H3. The van der Waals surface area contributed by atoms with E-state index in [0.29, 0.717) is 33.3 Å². The number of hydrogen-bond acceptors (Lipinski definition) is 7. The number of para-hydroxylation sites is 1. The van der Waals surface area contributed by atoms with Gasteiger partial charge in [0.15, 0.2) is 5.69 Å². The Bertz CT molecular complexity index is 1790. The van der Waals surface area contributed by atoms with Crippen LogP contribution in [0, 0.1) is 5.82 Å². The van der Waals surface area contributed by atoms with Crippen LogP contribution in [0.5, 0.6) is 5.88 Å². The zero-order chi connectivity index (χ0) is 24.5. The molecule has 6 rings (SSSR count). The molecule has 9 heteroatoms. The first kappa shape index (κ1) is 21.4. The summed E-state index contributed by atoms with van der Waals surface area (Å²) in [5.74, 6) is -0.524. The van der Waals surface area contributed by atoms with Crippen molar-refractivity contribution in [2.24, 2.45) is 10.2 Å². The van der Waals surface area contributed by atoms with Crippen molar-refractivity contribution in [2.75, 3.05) is 0 Å². The van der Waals surface area contributed by atoms with Gasteiger partial charge in [-0.2, -0.15) is 0 Å². The van der Waals surface area contributed by atoms with Crippen molar-refractivity contribution in [1.29, 1.82) is 0 Å². The minimum atomic E-state index is -0.538. The number of aromatic hydroxyl groups is 1. The highest BCUT2D eigenvalue weighted by Gasteiger charge is 2.32. The number of aromatic nitrogens is 2. The number of halogens is 1. The van der Waals surface area contributed by atoms with Crippen LogP contribution in [0.1, 0.15) is 26.3 Å². The number of hydrogen-bond donors (Lipinski definition) is 1. The summed E-state index contributed by atoms with van der Waals surface area (Å²) in [5, 5.41) is 22.8. The van der Waals surface area contributed by atoms with Crippen LogP contribution in [-0.2, 0) is 5.54 Å². The molecule has 5 aromatic rings. The average Bonchev–Trinajstić information content (AvgIpc) is 3.38. The molecule has 0 atom stereocenters. The molecule has 174 valence electrons. The van der Waals surface area contributed by atoms with Gasteiger partial charge in [0.1, 0.15) is 11.4 Å². The van der Waals surface area contributed by atoms with E-state index in [2.05, 4.69) is 15.2 Å². The molecule has 0 amide bonds. The Hall–Kier alpha value is -4.11. The first-order chi connectivity index (χ1) is 16.7. The van der Waals surface area contributed by atoms with E-state index in [0.717, 1.165) is 11.0 Å². The molecule has 0 aliphatic carbocycles. The van der Waals surface area contributed by atoms with Crippen LogP contribution in [-0.4, -0.2) is 14.7 Å². The highest BCUT2D eigenvalue weighted by Crippen LogP contribution is 2.48. The second-order valence-electron chi connectivity index (χ2n) is 9.04. The summed E-state index contributed by atoms with van der Waals surface area (Å²) in [4.78, 5) is 16.9. The summed E-state index contributed by atoms with van der Waals surface area (Å²) in [6.07, 6.45) is 1.98. The molecule has 1 aliphatic rings. The second kappa shape index (κ2) is 7.44. The monoisotopic (exact) mass is 486 g/mol. The van der Waals surface area contributed by atoms with Crippen LogP contribution in [0.4, 0.5) is 15.2 Å². The number of thiazole rings is 1. The lowest BCUT2D eigenvalue weighted by molar-refractivity contribution is 0.362. The van der Waals surface area contributed by atoms with Crippen LogP contribution in [0.25, 0.3) is 38.7 Å². The van der Waals surface area contributed by atoms with Gasteiger partial charge in [0.2, 0.25) is 11.0 Å². The Morgan fingerprint density at radius 2 is 1.94 bits per heavy atom. The van der Waals surface area contributed by atoms with E-state index in [1.54, 1.807) is 28.1 Å². The summed E-state index contributed by atoms with van der Waals surface area (Å²) < 4.78 is 21.6. The SMILES string of the molecule is CC1=CC(C)(C)n2c(O)c(N=Nc3nc(-c4cc5ccccc5oc4=O)cs3)c3cc(F)cc1c32. The quantitative estimate of drug-likeness (QED) is 0.214. The summed E-state index contributed by atoms with van der Waals surface area (Å²) in [5.41, 5.74) is 2.70. The zero-order valence-electron chi connectivity index (χ0n) is 19.0. The maximum absolute atomic E-state index is 14.5. The van der Waals surface area contributed by atoms with Crippen molar-refractivity contribution < 1.29 is 13.9 Å². The lowest BCUT2D eigenvalue weighted by Crippen LogP contribution is -2.26. The van der Waals surface area contributed by atoms with Gasteiger partial charge in [0.05, 0.1) is 22.3 Å².